The first kappa shape index (κ1) is 14.7. The van der Waals surface area contributed by atoms with Gasteiger partial charge in [0.05, 0.1) is 12.8 Å². The number of carbonyl (C=O) groups is 1. The number of halogens is 1. The number of ether oxygens (including phenoxy) is 1. The van der Waals surface area contributed by atoms with E-state index in [1.165, 1.54) is 6.07 Å². The molecule has 0 saturated heterocycles. The third-order valence-corrected chi connectivity index (χ3v) is 2.70. The second kappa shape index (κ2) is 6.65. The molecule has 0 bridgehead atoms. The maximum Gasteiger partial charge on any atom is 0.345 e. The molecule has 21 heavy (non-hydrogen) atoms. The van der Waals surface area contributed by atoms with Gasteiger partial charge in [-0.25, -0.2) is 14.2 Å². The van der Waals surface area contributed by atoms with Crippen molar-refractivity contribution in [2.24, 2.45) is 0 Å². The lowest BCUT2D eigenvalue weighted by Gasteiger charge is -2.07. The van der Waals surface area contributed by atoms with Crippen molar-refractivity contribution < 1.29 is 13.9 Å². The number of rotatable bonds is 5. The highest BCUT2D eigenvalue weighted by atomic mass is 19.1. The first-order valence-corrected chi connectivity index (χ1v) is 6.35. The molecule has 0 amide bonds. The van der Waals surface area contributed by atoms with Gasteiger partial charge in [0.15, 0.2) is 0 Å². The normalized spacial score (nSPS) is 10.2. The number of anilines is 1. The summed E-state index contributed by atoms with van der Waals surface area (Å²) in [6, 6.07) is 6.26. The van der Waals surface area contributed by atoms with Crippen LogP contribution in [0.4, 0.5) is 10.3 Å². The standard InChI is InChI=1S/C14H14FN3O3/c1-2-21-13(20)10-8-17-14(18-12(10)19)16-7-9-5-3-4-6-11(9)15/h3-6,8H,2,7H2,1H3,(H2,16,17,18,19). The Balaban J connectivity index is 2.09. The van der Waals surface area contributed by atoms with E-state index in [0.717, 1.165) is 6.20 Å². The highest BCUT2D eigenvalue weighted by Gasteiger charge is 2.12. The minimum Gasteiger partial charge on any atom is -0.462 e. The SMILES string of the molecule is CCOC(=O)c1cnc(NCc2ccccc2F)[nH]c1=O. The van der Waals surface area contributed by atoms with Crippen LogP contribution in [-0.2, 0) is 11.3 Å². The van der Waals surface area contributed by atoms with E-state index in [1.54, 1.807) is 25.1 Å². The summed E-state index contributed by atoms with van der Waals surface area (Å²) < 4.78 is 18.2. The quantitative estimate of drug-likeness (QED) is 0.819. The summed E-state index contributed by atoms with van der Waals surface area (Å²) in [4.78, 5) is 29.5. The molecule has 0 aliphatic carbocycles. The van der Waals surface area contributed by atoms with Crippen molar-refractivity contribution in [2.45, 2.75) is 13.5 Å². The van der Waals surface area contributed by atoms with Gasteiger partial charge in [-0.2, -0.15) is 0 Å². The Morgan fingerprint density at radius 1 is 1.43 bits per heavy atom. The Hall–Kier alpha value is -2.70. The summed E-state index contributed by atoms with van der Waals surface area (Å²) in [5.74, 6) is -0.932. The predicted octanol–water partition coefficient (Wildman–Crippen LogP) is 1.70. The van der Waals surface area contributed by atoms with Crippen LogP contribution in [0.25, 0.3) is 0 Å². The Morgan fingerprint density at radius 3 is 2.86 bits per heavy atom. The second-order valence-corrected chi connectivity index (χ2v) is 4.14. The molecule has 110 valence electrons. The fraction of sp³-hybridized carbons (Fsp3) is 0.214. The monoisotopic (exact) mass is 291 g/mol. The Morgan fingerprint density at radius 2 is 2.19 bits per heavy atom. The van der Waals surface area contributed by atoms with Gasteiger partial charge in [0.25, 0.3) is 5.56 Å². The zero-order chi connectivity index (χ0) is 15.2. The van der Waals surface area contributed by atoms with Crippen molar-refractivity contribution in [3.63, 3.8) is 0 Å². The largest absolute Gasteiger partial charge is 0.462 e. The maximum atomic E-state index is 13.4. The van der Waals surface area contributed by atoms with Gasteiger partial charge in [-0.1, -0.05) is 18.2 Å². The number of esters is 1. The van der Waals surface area contributed by atoms with Crippen LogP contribution in [0.1, 0.15) is 22.8 Å². The molecule has 0 spiro atoms. The molecule has 2 rings (SSSR count). The van der Waals surface area contributed by atoms with Crippen LogP contribution < -0.4 is 10.9 Å². The van der Waals surface area contributed by atoms with Crippen LogP contribution in [-0.4, -0.2) is 22.5 Å². The number of aromatic amines is 1. The average molecular weight is 291 g/mol. The van der Waals surface area contributed by atoms with E-state index in [4.69, 9.17) is 4.74 Å². The first-order valence-electron chi connectivity index (χ1n) is 6.35. The Kier molecular flexibility index (Phi) is 4.65. The average Bonchev–Trinajstić information content (AvgIpc) is 2.46. The number of hydrogen-bond donors (Lipinski definition) is 2. The minimum absolute atomic E-state index is 0.149. The zero-order valence-corrected chi connectivity index (χ0v) is 11.4. The predicted molar refractivity (Wildman–Crippen MR) is 74.5 cm³/mol. The molecule has 2 N–H and O–H groups in total. The van der Waals surface area contributed by atoms with Crippen molar-refractivity contribution in [3.05, 3.63) is 57.8 Å². The maximum absolute atomic E-state index is 13.4. The summed E-state index contributed by atoms with van der Waals surface area (Å²) in [7, 11) is 0. The molecule has 0 aliphatic heterocycles. The molecule has 0 unspecified atom stereocenters. The second-order valence-electron chi connectivity index (χ2n) is 4.14. The number of H-pyrrole nitrogens is 1. The van der Waals surface area contributed by atoms with Gasteiger partial charge in [-0.05, 0) is 13.0 Å². The molecule has 7 heteroatoms. The number of aromatic nitrogens is 2. The number of carbonyl (C=O) groups excluding carboxylic acids is 1. The van der Waals surface area contributed by atoms with Gasteiger partial charge in [-0.15, -0.1) is 0 Å². The van der Waals surface area contributed by atoms with Gasteiger partial charge >= 0.3 is 5.97 Å². The Bertz CT molecular complexity index is 700. The molecule has 6 nitrogen and oxygen atoms in total. The van der Waals surface area contributed by atoms with E-state index in [2.05, 4.69) is 15.3 Å². The third kappa shape index (κ3) is 3.65. The Labute approximate surface area is 120 Å². The van der Waals surface area contributed by atoms with Gasteiger partial charge in [0, 0.05) is 12.1 Å². The zero-order valence-electron chi connectivity index (χ0n) is 11.4. The van der Waals surface area contributed by atoms with Crippen LogP contribution in [0.3, 0.4) is 0 Å². The lowest BCUT2D eigenvalue weighted by Crippen LogP contribution is -2.22. The van der Waals surface area contributed by atoms with Gasteiger partial charge < -0.3 is 10.1 Å². The summed E-state index contributed by atoms with van der Waals surface area (Å²) in [5.41, 5.74) is -0.345. The van der Waals surface area contributed by atoms with Crippen LogP contribution in [0, 0.1) is 5.82 Å². The minimum atomic E-state index is -0.730. The third-order valence-electron chi connectivity index (χ3n) is 2.70. The molecule has 1 heterocycles. The van der Waals surface area contributed by atoms with Crippen molar-refractivity contribution >= 4 is 11.9 Å². The summed E-state index contributed by atoms with van der Waals surface area (Å²) in [5, 5.41) is 2.78. The van der Waals surface area contributed by atoms with Crippen molar-refractivity contribution in [3.8, 4) is 0 Å². The number of nitrogens with zero attached hydrogens (tertiary/aromatic N) is 1. The van der Waals surface area contributed by atoms with Crippen LogP contribution in [0.15, 0.2) is 35.3 Å². The lowest BCUT2D eigenvalue weighted by molar-refractivity contribution is 0.0524. The van der Waals surface area contributed by atoms with E-state index < -0.39 is 11.5 Å². The molecule has 2 aromatic rings. The lowest BCUT2D eigenvalue weighted by atomic mass is 10.2. The molecule has 0 saturated carbocycles. The topological polar surface area (TPSA) is 84.1 Å². The van der Waals surface area contributed by atoms with E-state index in [9.17, 15) is 14.0 Å². The fourth-order valence-electron chi connectivity index (χ4n) is 1.66. The smallest absolute Gasteiger partial charge is 0.345 e. The summed E-state index contributed by atoms with van der Waals surface area (Å²) >= 11 is 0. The molecule has 0 aliphatic rings. The van der Waals surface area contributed by atoms with Crippen molar-refractivity contribution in [1.82, 2.24) is 9.97 Å². The van der Waals surface area contributed by atoms with Crippen molar-refractivity contribution in [1.29, 1.82) is 0 Å². The van der Waals surface area contributed by atoms with Gasteiger partial charge in [-0.3, -0.25) is 9.78 Å². The highest BCUT2D eigenvalue weighted by molar-refractivity contribution is 5.88. The number of hydrogen-bond acceptors (Lipinski definition) is 5. The van der Waals surface area contributed by atoms with Crippen LogP contribution in [0.5, 0.6) is 0 Å². The van der Waals surface area contributed by atoms with E-state index >= 15 is 0 Å². The molecule has 0 radical (unpaired) electrons. The first-order chi connectivity index (χ1) is 10.1. The highest BCUT2D eigenvalue weighted by Crippen LogP contribution is 2.08. The van der Waals surface area contributed by atoms with E-state index in [0.29, 0.717) is 5.56 Å². The molecule has 0 fully saturated rings. The van der Waals surface area contributed by atoms with Crippen molar-refractivity contribution in [2.75, 3.05) is 11.9 Å². The number of nitrogens with one attached hydrogen (secondary N) is 2. The molecule has 1 aromatic carbocycles. The van der Waals surface area contributed by atoms with Crippen LogP contribution >= 0.6 is 0 Å². The van der Waals surface area contributed by atoms with E-state index in [-0.39, 0.29) is 30.5 Å². The molecule has 1 aromatic heterocycles. The van der Waals surface area contributed by atoms with Gasteiger partial charge in [0.1, 0.15) is 11.4 Å². The molecular formula is C14H14FN3O3. The fourth-order valence-corrected chi connectivity index (χ4v) is 1.66. The van der Waals surface area contributed by atoms with E-state index in [1.807, 2.05) is 0 Å². The van der Waals surface area contributed by atoms with Crippen LogP contribution in [0.2, 0.25) is 0 Å². The molecule has 0 atom stereocenters. The summed E-state index contributed by atoms with van der Waals surface area (Å²) in [6.07, 6.45) is 1.13. The van der Waals surface area contributed by atoms with Gasteiger partial charge in [0.2, 0.25) is 5.95 Å². The molecular weight excluding hydrogens is 277 g/mol. The number of benzene rings is 1. The summed E-state index contributed by atoms with van der Waals surface area (Å²) in [6.45, 7) is 1.98.